The molecule has 0 atom stereocenters. The zero-order valence-corrected chi connectivity index (χ0v) is 11.0. The summed E-state index contributed by atoms with van der Waals surface area (Å²) >= 11 is 3.28. The lowest BCUT2D eigenvalue weighted by Gasteiger charge is -2.08. The molecule has 2 aromatic rings. The van der Waals surface area contributed by atoms with Crippen LogP contribution in [0.3, 0.4) is 0 Å². The number of halogens is 1. The van der Waals surface area contributed by atoms with Crippen molar-refractivity contribution in [2.75, 3.05) is 0 Å². The molecule has 8 heteroatoms. The molecule has 96 valence electrons. The topological polar surface area (TPSA) is 88.3 Å². The van der Waals surface area contributed by atoms with Gasteiger partial charge in [-0.3, -0.25) is 4.79 Å². The highest BCUT2D eigenvalue weighted by atomic mass is 79.9. The molecule has 2 aromatic heterocycles. The van der Waals surface area contributed by atoms with Crippen LogP contribution in [-0.4, -0.2) is 36.8 Å². The maximum absolute atomic E-state index is 11.8. The van der Waals surface area contributed by atoms with Crippen LogP contribution >= 0.6 is 15.9 Å². The zero-order valence-electron chi connectivity index (χ0n) is 9.45. The predicted octanol–water partition coefficient (Wildman–Crippen LogP) is 1.66. The summed E-state index contributed by atoms with van der Waals surface area (Å²) in [6.45, 7) is -0.0208. The molecule has 0 aliphatic carbocycles. The van der Waals surface area contributed by atoms with E-state index in [1.165, 1.54) is 10.9 Å². The third kappa shape index (κ3) is 1.89. The number of amides is 2. The second-order valence-corrected chi connectivity index (χ2v) is 4.86. The van der Waals surface area contributed by atoms with Gasteiger partial charge >= 0.3 is 6.09 Å². The fraction of sp³-hybridized carbons (Fsp3) is 0.0909. The van der Waals surface area contributed by atoms with Crippen molar-refractivity contribution >= 4 is 27.9 Å². The Labute approximate surface area is 115 Å². The van der Waals surface area contributed by atoms with Gasteiger partial charge in [-0.1, -0.05) is 0 Å². The molecule has 0 unspecified atom stereocenters. The second kappa shape index (κ2) is 4.16. The lowest BCUT2D eigenvalue weighted by molar-refractivity contribution is 0.0761. The van der Waals surface area contributed by atoms with E-state index in [4.69, 9.17) is 5.11 Å². The van der Waals surface area contributed by atoms with Gasteiger partial charge < -0.3 is 5.11 Å². The smallest absolute Gasteiger partial charge is 0.414 e. The zero-order chi connectivity index (χ0) is 13.6. The molecule has 19 heavy (non-hydrogen) atoms. The van der Waals surface area contributed by atoms with Crippen LogP contribution in [0.2, 0.25) is 0 Å². The lowest BCUT2D eigenvalue weighted by atomic mass is 10.3. The van der Waals surface area contributed by atoms with E-state index in [-0.39, 0.29) is 6.54 Å². The Hall–Kier alpha value is -2.22. The van der Waals surface area contributed by atoms with Gasteiger partial charge in [-0.15, -0.1) is 0 Å². The van der Waals surface area contributed by atoms with Gasteiger partial charge in [-0.2, -0.15) is 5.10 Å². The fourth-order valence-electron chi connectivity index (χ4n) is 1.85. The maximum atomic E-state index is 11.8. The van der Waals surface area contributed by atoms with Crippen molar-refractivity contribution in [1.82, 2.24) is 19.7 Å². The minimum atomic E-state index is -1.27. The summed E-state index contributed by atoms with van der Waals surface area (Å²) in [6.07, 6.45) is 1.85. The second-order valence-electron chi connectivity index (χ2n) is 3.94. The number of hydrogen-bond donors (Lipinski definition) is 1. The highest BCUT2D eigenvalue weighted by Gasteiger charge is 2.35. The molecule has 2 amide bonds. The molecular weight excluding hydrogens is 316 g/mol. The monoisotopic (exact) mass is 322 g/mol. The average Bonchev–Trinajstić information content (AvgIpc) is 2.90. The largest absolute Gasteiger partial charge is 0.465 e. The SMILES string of the molecule is O=C(O)N1Cc2nn(-c3ccc(Br)cn3)cc2C1=O. The average molecular weight is 323 g/mol. The third-order valence-electron chi connectivity index (χ3n) is 2.75. The van der Waals surface area contributed by atoms with E-state index in [1.807, 2.05) is 0 Å². The van der Waals surface area contributed by atoms with Crippen molar-refractivity contribution in [1.29, 1.82) is 0 Å². The summed E-state index contributed by atoms with van der Waals surface area (Å²) in [6, 6.07) is 3.55. The molecule has 3 heterocycles. The minimum absolute atomic E-state index is 0.0208. The standard InChI is InChI=1S/C11H7BrN4O3/c12-6-1-2-9(13-3-6)16-4-7-8(14-16)5-15(10(7)17)11(18)19/h1-4H,5H2,(H,18,19). The molecule has 1 N–H and O–H groups in total. The van der Waals surface area contributed by atoms with E-state index < -0.39 is 12.0 Å². The first-order valence-corrected chi connectivity index (χ1v) is 6.11. The van der Waals surface area contributed by atoms with Crippen LogP contribution in [0.25, 0.3) is 5.82 Å². The summed E-state index contributed by atoms with van der Waals surface area (Å²) in [7, 11) is 0. The molecule has 1 aliphatic heterocycles. The van der Waals surface area contributed by atoms with Crippen LogP contribution in [0, 0.1) is 0 Å². The van der Waals surface area contributed by atoms with Gasteiger partial charge in [-0.25, -0.2) is 19.4 Å². The van der Waals surface area contributed by atoms with Crippen LogP contribution in [0.4, 0.5) is 4.79 Å². The highest BCUT2D eigenvalue weighted by Crippen LogP contribution is 2.22. The van der Waals surface area contributed by atoms with E-state index >= 15 is 0 Å². The number of fused-ring (bicyclic) bond motifs is 1. The van der Waals surface area contributed by atoms with E-state index in [0.717, 1.165) is 9.37 Å². The minimum Gasteiger partial charge on any atom is -0.465 e. The van der Waals surface area contributed by atoms with Gasteiger partial charge in [-0.05, 0) is 28.1 Å². The Morgan fingerprint density at radius 2 is 2.21 bits per heavy atom. The molecular formula is C11H7BrN4O3. The van der Waals surface area contributed by atoms with Gasteiger partial charge in [0.25, 0.3) is 5.91 Å². The first kappa shape index (κ1) is 11.8. The first-order valence-electron chi connectivity index (χ1n) is 5.31. The first-order chi connectivity index (χ1) is 9.06. The Morgan fingerprint density at radius 1 is 1.42 bits per heavy atom. The Morgan fingerprint density at radius 3 is 2.79 bits per heavy atom. The Bertz CT molecular complexity index is 680. The Kier molecular flexibility index (Phi) is 2.59. The molecule has 3 rings (SSSR count). The molecule has 0 radical (unpaired) electrons. The summed E-state index contributed by atoms with van der Waals surface area (Å²) in [4.78, 5) is 27.5. The quantitative estimate of drug-likeness (QED) is 0.862. The molecule has 1 aliphatic rings. The summed E-state index contributed by atoms with van der Waals surface area (Å²) < 4.78 is 2.30. The van der Waals surface area contributed by atoms with E-state index in [1.54, 1.807) is 18.3 Å². The van der Waals surface area contributed by atoms with Crippen LogP contribution in [0.15, 0.2) is 29.0 Å². The van der Waals surface area contributed by atoms with Crippen LogP contribution in [0.1, 0.15) is 16.1 Å². The van der Waals surface area contributed by atoms with Gasteiger partial charge in [0, 0.05) is 16.9 Å². The van der Waals surface area contributed by atoms with Crippen molar-refractivity contribution in [2.45, 2.75) is 6.54 Å². The van der Waals surface area contributed by atoms with Gasteiger partial charge in [0.05, 0.1) is 17.8 Å². The lowest BCUT2D eigenvalue weighted by Crippen LogP contribution is -2.29. The van der Waals surface area contributed by atoms with Gasteiger partial charge in [0.2, 0.25) is 0 Å². The number of carbonyl (C=O) groups is 2. The van der Waals surface area contributed by atoms with Crippen molar-refractivity contribution in [3.63, 3.8) is 0 Å². The summed E-state index contributed by atoms with van der Waals surface area (Å²) in [5.41, 5.74) is 0.740. The number of aromatic nitrogens is 3. The summed E-state index contributed by atoms with van der Waals surface area (Å²) in [5, 5.41) is 13.0. The van der Waals surface area contributed by atoms with Crippen molar-refractivity contribution in [3.8, 4) is 5.82 Å². The van der Waals surface area contributed by atoms with E-state index in [9.17, 15) is 9.59 Å². The number of imide groups is 1. The molecule has 0 saturated heterocycles. The molecule has 0 aromatic carbocycles. The molecule has 0 bridgehead atoms. The van der Waals surface area contributed by atoms with Gasteiger partial charge in [0.1, 0.15) is 0 Å². The number of pyridine rings is 1. The maximum Gasteiger partial charge on any atom is 0.414 e. The highest BCUT2D eigenvalue weighted by molar-refractivity contribution is 9.10. The van der Waals surface area contributed by atoms with Gasteiger partial charge in [0.15, 0.2) is 5.82 Å². The number of hydrogen-bond acceptors (Lipinski definition) is 4. The van der Waals surface area contributed by atoms with Crippen molar-refractivity contribution in [3.05, 3.63) is 40.3 Å². The number of carboxylic acid groups (broad SMARTS) is 1. The van der Waals surface area contributed by atoms with E-state index in [2.05, 4.69) is 26.0 Å². The van der Waals surface area contributed by atoms with Crippen LogP contribution < -0.4 is 0 Å². The third-order valence-corrected chi connectivity index (χ3v) is 3.22. The van der Waals surface area contributed by atoms with Crippen molar-refractivity contribution < 1.29 is 14.7 Å². The summed E-state index contributed by atoms with van der Waals surface area (Å²) in [5.74, 6) is 0.0122. The Balaban J connectivity index is 1.97. The normalized spacial score (nSPS) is 13.7. The predicted molar refractivity (Wildman–Crippen MR) is 67.0 cm³/mol. The number of rotatable bonds is 1. The van der Waals surface area contributed by atoms with Crippen molar-refractivity contribution in [2.24, 2.45) is 0 Å². The van der Waals surface area contributed by atoms with E-state index in [0.29, 0.717) is 17.1 Å². The fourth-order valence-corrected chi connectivity index (χ4v) is 2.08. The molecule has 7 nitrogen and oxygen atoms in total. The molecule has 0 fully saturated rings. The molecule has 0 saturated carbocycles. The number of nitrogens with zero attached hydrogens (tertiary/aromatic N) is 4. The number of carbonyl (C=O) groups excluding carboxylic acids is 1. The molecule has 0 spiro atoms. The van der Waals surface area contributed by atoms with Crippen LogP contribution in [-0.2, 0) is 6.54 Å². The van der Waals surface area contributed by atoms with Crippen LogP contribution in [0.5, 0.6) is 0 Å².